The summed E-state index contributed by atoms with van der Waals surface area (Å²) >= 11 is 0. The van der Waals surface area contributed by atoms with Gasteiger partial charge in [0, 0.05) is 6.61 Å². The highest BCUT2D eigenvalue weighted by Crippen LogP contribution is 2.21. The third-order valence-electron chi connectivity index (χ3n) is 2.80. The lowest BCUT2D eigenvalue weighted by atomic mass is 9.93. The van der Waals surface area contributed by atoms with Crippen LogP contribution in [0.2, 0.25) is 0 Å². The summed E-state index contributed by atoms with van der Waals surface area (Å²) < 4.78 is 5.97. The predicted molar refractivity (Wildman–Crippen MR) is 76.4 cm³/mol. The van der Waals surface area contributed by atoms with Crippen molar-refractivity contribution < 1.29 is 4.74 Å². The molecule has 104 valence electrons. The van der Waals surface area contributed by atoms with Crippen molar-refractivity contribution in [1.29, 1.82) is 0 Å². The van der Waals surface area contributed by atoms with E-state index in [-0.39, 0.29) is 5.60 Å². The third kappa shape index (κ3) is 12.2. The molecule has 0 amide bonds. The van der Waals surface area contributed by atoms with E-state index >= 15 is 0 Å². The van der Waals surface area contributed by atoms with Crippen molar-refractivity contribution in [3.05, 3.63) is 0 Å². The first-order valence-electron chi connectivity index (χ1n) is 6.97. The SMILES string of the molecule is CC(C)CNCCC(C)(C)OCCC(C)(C)C. The van der Waals surface area contributed by atoms with Gasteiger partial charge in [0.1, 0.15) is 0 Å². The Bertz CT molecular complexity index is 192. The molecule has 2 nitrogen and oxygen atoms in total. The van der Waals surface area contributed by atoms with E-state index in [1.807, 2.05) is 0 Å². The van der Waals surface area contributed by atoms with E-state index in [9.17, 15) is 0 Å². The molecule has 0 heterocycles. The molecule has 0 saturated heterocycles. The largest absolute Gasteiger partial charge is 0.376 e. The maximum atomic E-state index is 5.97. The summed E-state index contributed by atoms with van der Waals surface area (Å²) in [4.78, 5) is 0. The topological polar surface area (TPSA) is 21.3 Å². The highest BCUT2D eigenvalue weighted by Gasteiger charge is 2.19. The summed E-state index contributed by atoms with van der Waals surface area (Å²) in [5, 5.41) is 3.47. The Hall–Kier alpha value is -0.0800. The standard InChI is InChI=1S/C15H33NO/c1-13(2)12-16-10-8-15(6,7)17-11-9-14(3,4)5/h13,16H,8-12H2,1-7H3. The molecular weight excluding hydrogens is 210 g/mol. The fourth-order valence-corrected chi connectivity index (χ4v) is 1.49. The van der Waals surface area contributed by atoms with Gasteiger partial charge in [0.15, 0.2) is 0 Å². The van der Waals surface area contributed by atoms with E-state index in [0.29, 0.717) is 5.41 Å². The van der Waals surface area contributed by atoms with Crippen LogP contribution in [0.5, 0.6) is 0 Å². The number of hydrogen-bond donors (Lipinski definition) is 1. The Morgan fingerprint density at radius 1 is 1.00 bits per heavy atom. The molecule has 0 rings (SSSR count). The van der Waals surface area contributed by atoms with E-state index in [2.05, 4.69) is 53.8 Å². The maximum absolute atomic E-state index is 5.97. The van der Waals surface area contributed by atoms with Crippen molar-refractivity contribution in [2.24, 2.45) is 11.3 Å². The quantitative estimate of drug-likeness (QED) is 0.654. The predicted octanol–water partition coefficient (Wildman–Crippen LogP) is 3.85. The van der Waals surface area contributed by atoms with Gasteiger partial charge in [-0.25, -0.2) is 0 Å². The zero-order valence-corrected chi connectivity index (χ0v) is 13.0. The van der Waals surface area contributed by atoms with Crippen molar-refractivity contribution in [3.63, 3.8) is 0 Å². The Labute approximate surface area is 109 Å². The van der Waals surface area contributed by atoms with Gasteiger partial charge in [0.25, 0.3) is 0 Å². The molecule has 0 spiro atoms. The van der Waals surface area contributed by atoms with Gasteiger partial charge in [-0.05, 0) is 51.1 Å². The van der Waals surface area contributed by atoms with Crippen LogP contribution in [-0.4, -0.2) is 25.3 Å². The van der Waals surface area contributed by atoms with Gasteiger partial charge in [-0.1, -0.05) is 34.6 Å². The molecular formula is C15H33NO. The summed E-state index contributed by atoms with van der Waals surface area (Å²) in [7, 11) is 0. The molecule has 0 atom stereocenters. The normalized spacial score (nSPS) is 13.4. The number of ether oxygens (including phenoxy) is 1. The molecule has 1 N–H and O–H groups in total. The molecule has 0 aromatic heterocycles. The number of hydrogen-bond acceptors (Lipinski definition) is 2. The Kier molecular flexibility index (Phi) is 7.34. The van der Waals surface area contributed by atoms with Crippen LogP contribution in [0.1, 0.15) is 61.3 Å². The van der Waals surface area contributed by atoms with Crippen molar-refractivity contribution in [2.75, 3.05) is 19.7 Å². The minimum absolute atomic E-state index is 0.00473. The van der Waals surface area contributed by atoms with Crippen LogP contribution < -0.4 is 5.32 Å². The molecule has 0 radical (unpaired) electrons. The summed E-state index contributed by atoms with van der Waals surface area (Å²) in [5.41, 5.74) is 0.362. The van der Waals surface area contributed by atoms with Gasteiger partial charge in [-0.15, -0.1) is 0 Å². The first kappa shape index (κ1) is 16.9. The average Bonchev–Trinajstić information content (AvgIpc) is 2.09. The molecule has 0 fully saturated rings. The molecule has 2 heteroatoms. The van der Waals surface area contributed by atoms with E-state index < -0.39 is 0 Å². The number of nitrogens with one attached hydrogen (secondary N) is 1. The minimum atomic E-state index is -0.00473. The van der Waals surface area contributed by atoms with E-state index in [1.54, 1.807) is 0 Å². The molecule has 0 aliphatic carbocycles. The van der Waals surface area contributed by atoms with Crippen LogP contribution in [0.3, 0.4) is 0 Å². The van der Waals surface area contributed by atoms with Gasteiger partial charge in [0.05, 0.1) is 5.60 Å². The number of rotatable bonds is 8. The first-order valence-corrected chi connectivity index (χ1v) is 6.97. The highest BCUT2D eigenvalue weighted by molar-refractivity contribution is 4.71. The zero-order chi connectivity index (χ0) is 13.5. The minimum Gasteiger partial charge on any atom is -0.376 e. The van der Waals surface area contributed by atoms with Crippen LogP contribution in [0.4, 0.5) is 0 Å². The zero-order valence-electron chi connectivity index (χ0n) is 13.0. The van der Waals surface area contributed by atoms with Crippen molar-refractivity contribution in [1.82, 2.24) is 5.32 Å². The van der Waals surface area contributed by atoms with Gasteiger partial charge >= 0.3 is 0 Å². The van der Waals surface area contributed by atoms with Crippen LogP contribution in [-0.2, 0) is 4.74 Å². The first-order chi connectivity index (χ1) is 7.62. The van der Waals surface area contributed by atoms with E-state index in [4.69, 9.17) is 4.74 Å². The van der Waals surface area contributed by atoms with Crippen molar-refractivity contribution in [3.8, 4) is 0 Å². The summed E-state index contributed by atoms with van der Waals surface area (Å²) in [6.45, 7) is 18.6. The van der Waals surface area contributed by atoms with Crippen molar-refractivity contribution in [2.45, 2.75) is 66.9 Å². The van der Waals surface area contributed by atoms with Crippen molar-refractivity contribution >= 4 is 0 Å². The van der Waals surface area contributed by atoms with E-state index in [0.717, 1.165) is 38.5 Å². The van der Waals surface area contributed by atoms with E-state index in [1.165, 1.54) is 0 Å². The molecule has 0 aromatic carbocycles. The van der Waals surface area contributed by atoms with Gasteiger partial charge in [-0.2, -0.15) is 0 Å². The maximum Gasteiger partial charge on any atom is 0.0638 e. The second-order valence-corrected chi connectivity index (χ2v) is 7.27. The Morgan fingerprint density at radius 2 is 1.59 bits per heavy atom. The smallest absolute Gasteiger partial charge is 0.0638 e. The molecule has 0 saturated carbocycles. The lowest BCUT2D eigenvalue weighted by Crippen LogP contribution is -2.32. The van der Waals surface area contributed by atoms with Crippen LogP contribution in [0.25, 0.3) is 0 Å². The van der Waals surface area contributed by atoms with Gasteiger partial charge < -0.3 is 10.1 Å². The summed E-state index contributed by atoms with van der Waals surface area (Å²) in [6, 6.07) is 0. The second kappa shape index (κ2) is 7.38. The molecule has 0 aliphatic rings. The van der Waals surface area contributed by atoms with Crippen LogP contribution in [0, 0.1) is 11.3 Å². The molecule has 0 unspecified atom stereocenters. The van der Waals surface area contributed by atoms with Gasteiger partial charge in [0.2, 0.25) is 0 Å². The monoisotopic (exact) mass is 243 g/mol. The molecule has 0 aliphatic heterocycles. The lowest BCUT2D eigenvalue weighted by Gasteiger charge is -2.28. The molecule has 17 heavy (non-hydrogen) atoms. The average molecular weight is 243 g/mol. The summed E-state index contributed by atoms with van der Waals surface area (Å²) in [6.07, 6.45) is 2.19. The van der Waals surface area contributed by atoms with Crippen LogP contribution in [0.15, 0.2) is 0 Å². The van der Waals surface area contributed by atoms with Gasteiger partial charge in [-0.3, -0.25) is 0 Å². The second-order valence-electron chi connectivity index (χ2n) is 7.27. The van der Waals surface area contributed by atoms with Crippen LogP contribution >= 0.6 is 0 Å². The fraction of sp³-hybridized carbons (Fsp3) is 1.00. The third-order valence-corrected chi connectivity index (χ3v) is 2.80. The fourth-order valence-electron chi connectivity index (χ4n) is 1.49. The lowest BCUT2D eigenvalue weighted by molar-refractivity contribution is -0.0325. The Balaban J connectivity index is 3.65. The highest BCUT2D eigenvalue weighted by atomic mass is 16.5. The molecule has 0 bridgehead atoms. The molecule has 0 aromatic rings. The Morgan fingerprint density at radius 3 is 2.06 bits per heavy atom. The summed E-state index contributed by atoms with van der Waals surface area (Å²) in [5.74, 6) is 0.722.